The summed E-state index contributed by atoms with van der Waals surface area (Å²) in [6, 6.07) is -6.54. The molecule has 20 heteroatoms. The summed E-state index contributed by atoms with van der Waals surface area (Å²) in [7, 11) is 0. The Morgan fingerprint density at radius 3 is 2.08 bits per heavy atom. The van der Waals surface area contributed by atoms with E-state index in [-0.39, 0.29) is 67.5 Å². The molecule has 1 aliphatic rings. The molecule has 1 heterocycles. The van der Waals surface area contributed by atoms with Gasteiger partial charge in [-0.3, -0.25) is 33.6 Å². The molecular weight excluding hydrogens is 749 g/mol. The van der Waals surface area contributed by atoms with Crippen molar-refractivity contribution in [3.8, 4) is 0 Å². The maximum Gasteiger partial charge on any atom is 0.326 e. The van der Waals surface area contributed by atoms with Gasteiger partial charge < -0.3 is 47.6 Å². The first kappa shape index (κ1) is 47.8. The normalized spacial score (nSPS) is 17.4. The summed E-state index contributed by atoms with van der Waals surface area (Å²) in [6.07, 6.45) is 3.47. The van der Waals surface area contributed by atoms with E-state index in [1.165, 1.54) is 35.3 Å². The second-order valence-corrected chi connectivity index (χ2v) is 15.6. The fraction of sp³-hybridized carbons (Fsp3) is 0.758. The first-order chi connectivity index (χ1) is 25.0. The minimum absolute atomic E-state index is 0.0410. The number of carboxylic acid groups (broad SMARTS) is 1. The molecule has 9 N–H and O–H groups in total. The van der Waals surface area contributed by atoms with Gasteiger partial charge in [-0.15, -0.1) is 11.8 Å². The van der Waals surface area contributed by atoms with E-state index in [4.69, 9.17) is 5.73 Å². The highest BCUT2D eigenvalue weighted by molar-refractivity contribution is 7.99. The van der Waals surface area contributed by atoms with Gasteiger partial charge in [-0.05, 0) is 49.5 Å². The lowest BCUT2D eigenvalue weighted by Crippen LogP contribution is -2.60. The van der Waals surface area contributed by atoms with E-state index < -0.39 is 77.7 Å². The van der Waals surface area contributed by atoms with Crippen molar-refractivity contribution in [1.82, 2.24) is 36.8 Å². The lowest BCUT2D eigenvalue weighted by atomic mass is 9.98. The maximum absolute atomic E-state index is 14.1. The highest BCUT2D eigenvalue weighted by atomic mass is 32.2. The van der Waals surface area contributed by atoms with Gasteiger partial charge in [0.2, 0.25) is 41.4 Å². The average Bonchev–Trinajstić information content (AvgIpc) is 3.61. The molecule has 0 aromatic rings. The van der Waals surface area contributed by atoms with Gasteiger partial charge in [-0.25, -0.2) is 4.79 Å². The van der Waals surface area contributed by atoms with E-state index in [1.807, 2.05) is 27.0 Å². The van der Waals surface area contributed by atoms with Crippen molar-refractivity contribution in [2.45, 2.75) is 103 Å². The largest absolute Gasteiger partial charge is 0.480 e. The molecule has 0 aromatic carbocycles. The maximum atomic E-state index is 14.1. The van der Waals surface area contributed by atoms with Crippen LogP contribution in [0.15, 0.2) is 0 Å². The van der Waals surface area contributed by atoms with Crippen molar-refractivity contribution < 1.29 is 43.5 Å². The summed E-state index contributed by atoms with van der Waals surface area (Å²) in [5, 5.41) is 25.3. The van der Waals surface area contributed by atoms with E-state index >= 15 is 0 Å². The highest BCUT2D eigenvalue weighted by Gasteiger charge is 2.40. The van der Waals surface area contributed by atoms with E-state index in [1.54, 1.807) is 6.92 Å². The fourth-order valence-corrected chi connectivity index (χ4v) is 7.02. The molecule has 7 atom stereocenters. The minimum Gasteiger partial charge on any atom is -0.480 e. The van der Waals surface area contributed by atoms with Crippen molar-refractivity contribution in [3.05, 3.63) is 0 Å². The molecule has 1 aliphatic heterocycles. The molecule has 0 aromatic heterocycles. The summed E-state index contributed by atoms with van der Waals surface area (Å²) in [5.41, 5.74) is 5.46. The van der Waals surface area contributed by atoms with Gasteiger partial charge >= 0.3 is 5.97 Å². The van der Waals surface area contributed by atoms with Crippen LogP contribution >= 0.6 is 36.2 Å². The molecule has 53 heavy (non-hydrogen) atoms. The van der Waals surface area contributed by atoms with Crippen molar-refractivity contribution in [1.29, 1.82) is 0 Å². The third-order valence-corrected chi connectivity index (χ3v) is 10.5. The molecule has 1 saturated heterocycles. The third kappa shape index (κ3) is 16.8. The number of hydrogen-bond acceptors (Lipinski definition) is 12. The Labute approximate surface area is 325 Å². The number of carbonyl (C=O) groups is 8. The molecule has 17 nitrogen and oxygen atoms in total. The molecule has 1 fully saturated rings. The zero-order valence-corrected chi connectivity index (χ0v) is 33.9. The van der Waals surface area contributed by atoms with Crippen LogP contribution in [0.25, 0.3) is 0 Å². The van der Waals surface area contributed by atoms with Crippen LogP contribution < -0.4 is 37.6 Å². The van der Waals surface area contributed by atoms with Gasteiger partial charge in [-0.2, -0.15) is 24.4 Å². The number of carbonyl (C=O) groups excluding carboxylic acids is 7. The van der Waals surface area contributed by atoms with Gasteiger partial charge in [0.05, 0.1) is 12.4 Å². The van der Waals surface area contributed by atoms with Crippen molar-refractivity contribution in [2.75, 3.05) is 42.5 Å². The number of nitrogens with zero attached hydrogens (tertiary/aromatic N) is 1. The molecule has 0 aliphatic carbocycles. The van der Waals surface area contributed by atoms with Crippen LogP contribution in [0.5, 0.6) is 0 Å². The van der Waals surface area contributed by atoms with Gasteiger partial charge in [0.1, 0.15) is 36.3 Å². The van der Waals surface area contributed by atoms with Crippen LogP contribution in [-0.2, 0) is 38.4 Å². The monoisotopic (exact) mass is 806 g/mol. The first-order valence-electron chi connectivity index (χ1n) is 17.7. The summed E-state index contributed by atoms with van der Waals surface area (Å²) >= 11 is 6.80. The molecular formula is C33H58N8O9S3. The number of aliphatic carboxylic acids is 1. The van der Waals surface area contributed by atoms with Crippen molar-refractivity contribution >= 4 is 83.5 Å². The Morgan fingerprint density at radius 2 is 1.53 bits per heavy atom. The summed E-state index contributed by atoms with van der Waals surface area (Å²) in [4.78, 5) is 104. The summed E-state index contributed by atoms with van der Waals surface area (Å²) in [6.45, 7) is 8.53. The first-order valence-corrected chi connectivity index (χ1v) is 20.8. The molecule has 302 valence electrons. The summed E-state index contributed by atoms with van der Waals surface area (Å²) < 4.78 is 0. The number of rotatable bonds is 24. The molecule has 0 radical (unpaired) electrons. The predicted octanol–water partition coefficient (Wildman–Crippen LogP) is -0.953. The highest BCUT2D eigenvalue weighted by Crippen LogP contribution is 2.21. The standard InChI is InChI=1S/C33H58N8O9S3/c1-7-19(4)27(40-26(43)14-34)31(47)39-24(16-53-17-35-20(5)42)32(48)41-11-8-9-25(41)30(46)37-22(13-18(2)3)28(44)38-23(15-51)29(45)36-21(33(49)50)10-12-52-6/h18-19,21-25,27,51H,7-17,34H2,1-6H3,(H,35,42)(H,36,45)(H,37,46)(H,38,44)(H,39,47)(H,40,43)(H,49,50)/t19-,21-,22-,23-,24-,25-,27-/m0/s1. The zero-order chi connectivity index (χ0) is 40.2. The Kier molecular flexibility index (Phi) is 22.5. The van der Waals surface area contributed by atoms with E-state index in [2.05, 4.69) is 44.5 Å². The fourth-order valence-electron chi connectivity index (χ4n) is 5.41. The third-order valence-electron chi connectivity index (χ3n) is 8.54. The second kappa shape index (κ2) is 25.0. The van der Waals surface area contributed by atoms with Gasteiger partial charge in [-0.1, -0.05) is 34.1 Å². The van der Waals surface area contributed by atoms with E-state index in [0.29, 0.717) is 18.6 Å². The number of nitrogens with one attached hydrogen (secondary N) is 6. The van der Waals surface area contributed by atoms with Gasteiger partial charge in [0.25, 0.3) is 0 Å². The number of nitrogens with two attached hydrogens (primary N) is 1. The van der Waals surface area contributed by atoms with Crippen LogP contribution in [0, 0.1) is 11.8 Å². The molecule has 0 saturated carbocycles. The number of amides is 7. The van der Waals surface area contributed by atoms with Crippen LogP contribution in [0.1, 0.15) is 66.7 Å². The van der Waals surface area contributed by atoms with Gasteiger partial charge in [0.15, 0.2) is 0 Å². The SMILES string of the molecule is CC[C@H](C)[C@H](NC(=O)CN)C(=O)N[C@@H](CSCNC(C)=O)C(=O)N1CCC[C@H]1C(=O)N[C@@H](CC(C)C)C(=O)N[C@@H](CS)C(=O)N[C@@H](CCSC)C(=O)O. The van der Waals surface area contributed by atoms with Crippen LogP contribution in [0.2, 0.25) is 0 Å². The molecule has 1 rings (SSSR count). The Balaban J connectivity index is 3.23. The lowest BCUT2D eigenvalue weighted by Gasteiger charge is -2.31. The lowest BCUT2D eigenvalue weighted by molar-refractivity contribution is -0.142. The second-order valence-electron chi connectivity index (χ2n) is 13.2. The molecule has 7 amide bonds. The molecule has 0 spiro atoms. The van der Waals surface area contributed by atoms with Gasteiger partial charge in [0, 0.05) is 25.0 Å². The van der Waals surface area contributed by atoms with E-state index in [9.17, 15) is 43.5 Å². The topological polar surface area (TPSA) is 258 Å². The number of thiol groups is 1. The van der Waals surface area contributed by atoms with Crippen molar-refractivity contribution in [2.24, 2.45) is 17.6 Å². The number of likely N-dealkylation sites (tertiary alicyclic amines) is 1. The minimum atomic E-state index is -1.21. The average molecular weight is 807 g/mol. The van der Waals surface area contributed by atoms with Crippen LogP contribution in [-0.4, -0.2) is 136 Å². The zero-order valence-electron chi connectivity index (χ0n) is 31.4. The van der Waals surface area contributed by atoms with Crippen LogP contribution in [0.3, 0.4) is 0 Å². The van der Waals surface area contributed by atoms with Crippen molar-refractivity contribution in [3.63, 3.8) is 0 Å². The van der Waals surface area contributed by atoms with Crippen LogP contribution in [0.4, 0.5) is 0 Å². The Morgan fingerprint density at radius 1 is 0.906 bits per heavy atom. The predicted molar refractivity (Wildman–Crippen MR) is 208 cm³/mol. The molecule has 0 unspecified atom stereocenters. The smallest absolute Gasteiger partial charge is 0.326 e. The summed E-state index contributed by atoms with van der Waals surface area (Å²) in [5.74, 6) is -5.01. The number of hydrogen-bond donors (Lipinski definition) is 9. The number of carboxylic acids is 1. The Bertz CT molecular complexity index is 1280. The Hall–Kier alpha value is -3.23. The van der Waals surface area contributed by atoms with E-state index in [0.717, 1.165) is 0 Å². The number of thioether (sulfide) groups is 2. The quantitative estimate of drug-likeness (QED) is 0.0325. The molecule has 0 bridgehead atoms.